The molecule has 1 amide bonds. The van der Waals surface area contributed by atoms with Gasteiger partial charge in [0.1, 0.15) is 11.2 Å². The van der Waals surface area contributed by atoms with Crippen LogP contribution in [-0.4, -0.2) is 53.9 Å². The van der Waals surface area contributed by atoms with Gasteiger partial charge in [0.15, 0.2) is 0 Å². The zero-order valence-electron chi connectivity index (χ0n) is 19.0. The van der Waals surface area contributed by atoms with Crippen LogP contribution >= 0.6 is 0 Å². The van der Waals surface area contributed by atoms with E-state index in [9.17, 15) is 9.59 Å². The zero-order chi connectivity index (χ0) is 22.6. The van der Waals surface area contributed by atoms with Gasteiger partial charge in [0, 0.05) is 43.1 Å². The van der Waals surface area contributed by atoms with Crippen LogP contribution in [0, 0.1) is 0 Å². The number of aryl methyl sites for hydroxylation is 2. The zero-order valence-corrected chi connectivity index (χ0v) is 19.0. The highest BCUT2D eigenvalue weighted by Gasteiger charge is 2.40. The van der Waals surface area contributed by atoms with Crippen LogP contribution in [0.3, 0.4) is 0 Å². The van der Waals surface area contributed by atoms with Gasteiger partial charge in [0.05, 0.1) is 11.3 Å². The minimum atomic E-state index is -0.575. The Morgan fingerprint density at radius 1 is 1.16 bits per heavy atom. The molecule has 0 aromatic carbocycles. The monoisotopic (exact) mass is 435 g/mol. The third kappa shape index (κ3) is 3.78. The van der Waals surface area contributed by atoms with Crippen molar-refractivity contribution in [3.8, 4) is 0 Å². The Bertz CT molecular complexity index is 1200. The second-order valence-corrected chi connectivity index (χ2v) is 9.89. The molecule has 0 saturated heterocycles. The van der Waals surface area contributed by atoms with E-state index in [0.29, 0.717) is 12.0 Å². The van der Waals surface area contributed by atoms with Crippen molar-refractivity contribution < 1.29 is 14.3 Å². The average molecular weight is 436 g/mol. The molecule has 5 rings (SSSR count). The number of nitrogens with zero attached hydrogens (tertiary/aromatic N) is 5. The van der Waals surface area contributed by atoms with Crippen molar-refractivity contribution in [2.24, 2.45) is 7.05 Å². The van der Waals surface area contributed by atoms with E-state index in [1.54, 1.807) is 12.4 Å². The molecule has 2 aliphatic carbocycles. The van der Waals surface area contributed by atoms with E-state index < -0.39 is 11.7 Å². The normalized spacial score (nSPS) is 18.4. The highest BCUT2D eigenvalue weighted by molar-refractivity contribution is 6.06. The van der Waals surface area contributed by atoms with E-state index in [1.165, 1.54) is 4.68 Å². The Labute approximate surface area is 187 Å². The summed E-state index contributed by atoms with van der Waals surface area (Å²) in [6.07, 6.45) is 9.30. The maximum Gasteiger partial charge on any atom is 0.435 e. The first-order valence-corrected chi connectivity index (χ1v) is 11.2. The summed E-state index contributed by atoms with van der Waals surface area (Å²) in [5.74, 6) is 0.0686. The molecule has 0 radical (unpaired) electrons. The molecule has 0 spiro atoms. The summed E-state index contributed by atoms with van der Waals surface area (Å²) < 4.78 is 8.69. The highest BCUT2D eigenvalue weighted by atomic mass is 16.6. The molecule has 2 aliphatic rings. The number of hydrogen-bond donors (Lipinski definition) is 0. The van der Waals surface area contributed by atoms with Gasteiger partial charge in [0.2, 0.25) is 0 Å². The standard InChI is InChI=1S/C24H29N5O3/c1-24(2,3)32-23(31)28-14-15-13-17(7-8-20(15)26-28)29(16-5-6-16)22(30)19-9-11-25-21-18(19)10-12-27(21)4/h9-12,14,16-17H,5-8,13H2,1-4H3. The number of amides is 1. The van der Waals surface area contributed by atoms with E-state index in [2.05, 4.69) is 15.0 Å². The fraction of sp³-hybridized carbons (Fsp3) is 0.500. The summed E-state index contributed by atoms with van der Waals surface area (Å²) in [5.41, 5.74) is 2.89. The van der Waals surface area contributed by atoms with E-state index in [0.717, 1.165) is 48.0 Å². The summed E-state index contributed by atoms with van der Waals surface area (Å²) >= 11 is 0. The smallest absolute Gasteiger partial charge is 0.435 e. The molecule has 1 unspecified atom stereocenters. The topological polar surface area (TPSA) is 82.2 Å². The van der Waals surface area contributed by atoms with Gasteiger partial charge in [-0.2, -0.15) is 9.78 Å². The van der Waals surface area contributed by atoms with E-state index in [1.807, 2.05) is 50.7 Å². The molecule has 0 N–H and O–H groups in total. The Balaban J connectivity index is 1.40. The highest BCUT2D eigenvalue weighted by Crippen LogP contribution is 2.35. The van der Waals surface area contributed by atoms with Gasteiger partial charge < -0.3 is 14.2 Å². The lowest BCUT2D eigenvalue weighted by Crippen LogP contribution is -2.44. The van der Waals surface area contributed by atoms with Crippen LogP contribution in [0.1, 0.15) is 61.6 Å². The van der Waals surface area contributed by atoms with E-state index in [-0.39, 0.29) is 18.0 Å². The molecule has 168 valence electrons. The third-order valence-electron chi connectivity index (χ3n) is 6.19. The fourth-order valence-electron chi connectivity index (χ4n) is 4.60. The SMILES string of the molecule is Cn1ccc2c(C(=O)N(C3CC3)C3CCc4nn(C(=O)OC(C)(C)C)cc4C3)ccnc21. The van der Waals surface area contributed by atoms with Gasteiger partial charge in [-0.1, -0.05) is 0 Å². The molecular formula is C24H29N5O3. The molecule has 8 heteroatoms. The number of carbonyl (C=O) groups excluding carboxylic acids is 2. The molecule has 8 nitrogen and oxygen atoms in total. The predicted octanol–water partition coefficient (Wildman–Crippen LogP) is 3.72. The largest absolute Gasteiger partial charge is 0.442 e. The molecule has 0 bridgehead atoms. The molecule has 1 atom stereocenters. The summed E-state index contributed by atoms with van der Waals surface area (Å²) in [4.78, 5) is 32.7. The van der Waals surface area contributed by atoms with Crippen LogP contribution in [0.5, 0.6) is 0 Å². The fourth-order valence-corrected chi connectivity index (χ4v) is 4.60. The van der Waals surface area contributed by atoms with Crippen molar-refractivity contribution in [2.45, 2.75) is 70.6 Å². The number of ether oxygens (including phenoxy) is 1. The van der Waals surface area contributed by atoms with Crippen LogP contribution in [0.2, 0.25) is 0 Å². The lowest BCUT2D eigenvalue weighted by Gasteiger charge is -2.34. The lowest BCUT2D eigenvalue weighted by atomic mass is 9.91. The molecule has 1 fully saturated rings. The van der Waals surface area contributed by atoms with E-state index >= 15 is 0 Å². The van der Waals surface area contributed by atoms with Crippen molar-refractivity contribution in [2.75, 3.05) is 0 Å². The van der Waals surface area contributed by atoms with Gasteiger partial charge in [-0.25, -0.2) is 9.78 Å². The van der Waals surface area contributed by atoms with Crippen molar-refractivity contribution >= 4 is 23.0 Å². The number of hydrogen-bond acceptors (Lipinski definition) is 5. The van der Waals surface area contributed by atoms with Gasteiger partial charge >= 0.3 is 6.09 Å². The minimum Gasteiger partial charge on any atom is -0.442 e. The van der Waals surface area contributed by atoms with Gasteiger partial charge in [-0.3, -0.25) is 4.79 Å². The Morgan fingerprint density at radius 3 is 2.66 bits per heavy atom. The second kappa shape index (κ2) is 7.46. The van der Waals surface area contributed by atoms with Crippen molar-refractivity contribution in [1.29, 1.82) is 0 Å². The number of pyridine rings is 1. The maximum absolute atomic E-state index is 13.7. The van der Waals surface area contributed by atoms with Gasteiger partial charge in [-0.05, 0) is 70.6 Å². The first kappa shape index (κ1) is 20.7. The van der Waals surface area contributed by atoms with Gasteiger partial charge in [0.25, 0.3) is 5.91 Å². The van der Waals surface area contributed by atoms with Crippen molar-refractivity contribution in [3.05, 3.63) is 47.5 Å². The van der Waals surface area contributed by atoms with Crippen molar-refractivity contribution in [1.82, 2.24) is 24.2 Å². The molecular weight excluding hydrogens is 406 g/mol. The minimum absolute atomic E-state index is 0.0686. The number of rotatable bonds is 3. The summed E-state index contributed by atoms with van der Waals surface area (Å²) in [5, 5.41) is 5.35. The molecule has 3 heterocycles. The molecule has 32 heavy (non-hydrogen) atoms. The Kier molecular flexibility index (Phi) is 4.83. The molecule has 0 aliphatic heterocycles. The first-order chi connectivity index (χ1) is 15.2. The van der Waals surface area contributed by atoms with Crippen LogP contribution in [0.4, 0.5) is 4.79 Å². The summed E-state index contributed by atoms with van der Waals surface area (Å²) in [7, 11) is 1.94. The van der Waals surface area contributed by atoms with Gasteiger partial charge in [-0.15, -0.1) is 0 Å². The number of fused-ring (bicyclic) bond motifs is 2. The average Bonchev–Trinajstić information content (AvgIpc) is 3.35. The van der Waals surface area contributed by atoms with Crippen LogP contribution in [-0.2, 0) is 24.6 Å². The summed E-state index contributed by atoms with van der Waals surface area (Å²) in [6, 6.07) is 4.16. The maximum atomic E-state index is 13.7. The van der Waals surface area contributed by atoms with E-state index in [4.69, 9.17) is 4.74 Å². The Hall–Kier alpha value is -3.16. The van der Waals surface area contributed by atoms with Crippen LogP contribution < -0.4 is 0 Å². The third-order valence-corrected chi connectivity index (χ3v) is 6.19. The molecule has 3 aromatic heterocycles. The predicted molar refractivity (Wildman–Crippen MR) is 120 cm³/mol. The van der Waals surface area contributed by atoms with Crippen LogP contribution in [0.15, 0.2) is 30.7 Å². The number of carbonyl (C=O) groups is 2. The van der Waals surface area contributed by atoms with Crippen molar-refractivity contribution in [3.63, 3.8) is 0 Å². The number of aromatic nitrogens is 4. The molecule has 1 saturated carbocycles. The second-order valence-electron chi connectivity index (χ2n) is 9.89. The van der Waals surface area contributed by atoms with Crippen LogP contribution in [0.25, 0.3) is 11.0 Å². The molecule has 3 aromatic rings. The first-order valence-electron chi connectivity index (χ1n) is 11.2. The lowest BCUT2D eigenvalue weighted by molar-refractivity contribution is 0.0513. The summed E-state index contributed by atoms with van der Waals surface area (Å²) in [6.45, 7) is 5.52. The quantitative estimate of drug-likeness (QED) is 0.626. The Morgan fingerprint density at radius 2 is 1.94 bits per heavy atom.